The molecule has 1 aromatic heterocycles. The topological polar surface area (TPSA) is 56.5 Å². The molecular formula is C16H14O4. The molecular weight excluding hydrogens is 256 g/mol. The van der Waals surface area contributed by atoms with E-state index in [1.165, 1.54) is 0 Å². The Hall–Kier alpha value is -2.36. The third kappa shape index (κ3) is 2.03. The summed E-state index contributed by atoms with van der Waals surface area (Å²) in [6, 6.07) is 9.44. The van der Waals surface area contributed by atoms with Gasteiger partial charge in [0.05, 0.1) is 6.61 Å². The summed E-state index contributed by atoms with van der Waals surface area (Å²) in [5.41, 5.74) is 2.31. The maximum atomic E-state index is 11.9. The number of aryl methyl sites for hydroxylation is 2. The highest BCUT2D eigenvalue weighted by Crippen LogP contribution is 2.32. The summed E-state index contributed by atoms with van der Waals surface area (Å²) in [5, 5.41) is 0. The van der Waals surface area contributed by atoms with Crippen molar-refractivity contribution in [2.75, 3.05) is 6.61 Å². The lowest BCUT2D eigenvalue weighted by molar-refractivity contribution is 0.0521. The average Bonchev–Trinajstić information content (AvgIpc) is 2.46. The molecule has 20 heavy (non-hydrogen) atoms. The van der Waals surface area contributed by atoms with Crippen molar-refractivity contribution in [1.82, 2.24) is 0 Å². The molecule has 0 saturated heterocycles. The summed E-state index contributed by atoms with van der Waals surface area (Å²) in [7, 11) is 0. The van der Waals surface area contributed by atoms with Crippen LogP contribution in [0.2, 0.25) is 0 Å². The van der Waals surface area contributed by atoms with Gasteiger partial charge < -0.3 is 9.15 Å². The first kappa shape index (κ1) is 12.7. The molecule has 102 valence electrons. The van der Waals surface area contributed by atoms with Crippen LogP contribution in [0.5, 0.6) is 0 Å². The van der Waals surface area contributed by atoms with Crippen molar-refractivity contribution in [2.45, 2.75) is 19.8 Å². The van der Waals surface area contributed by atoms with Crippen molar-refractivity contribution in [3.05, 3.63) is 57.4 Å². The van der Waals surface area contributed by atoms with E-state index in [2.05, 4.69) is 0 Å². The van der Waals surface area contributed by atoms with E-state index in [-0.39, 0.29) is 12.2 Å². The molecule has 2 aromatic rings. The van der Waals surface area contributed by atoms with Crippen LogP contribution in [0.1, 0.15) is 28.4 Å². The number of esters is 1. The number of fused-ring (bicyclic) bond motifs is 3. The number of hydrogen-bond donors (Lipinski definition) is 0. The van der Waals surface area contributed by atoms with Gasteiger partial charge in [0.2, 0.25) is 0 Å². The second kappa shape index (κ2) is 4.96. The van der Waals surface area contributed by atoms with Gasteiger partial charge in [0.25, 0.3) is 0 Å². The third-order valence-corrected chi connectivity index (χ3v) is 3.45. The highest BCUT2D eigenvalue weighted by atomic mass is 16.5. The first-order valence-corrected chi connectivity index (χ1v) is 6.63. The molecule has 0 unspecified atom stereocenters. The van der Waals surface area contributed by atoms with Gasteiger partial charge in [-0.15, -0.1) is 0 Å². The summed E-state index contributed by atoms with van der Waals surface area (Å²) in [5.74, 6) is -0.0483. The fourth-order valence-electron chi connectivity index (χ4n) is 2.51. The van der Waals surface area contributed by atoms with Gasteiger partial charge in [-0.3, -0.25) is 0 Å². The molecule has 0 atom stereocenters. The van der Waals surface area contributed by atoms with Crippen LogP contribution in [0.4, 0.5) is 0 Å². The Morgan fingerprint density at radius 3 is 2.80 bits per heavy atom. The Morgan fingerprint density at radius 2 is 2.00 bits per heavy atom. The third-order valence-electron chi connectivity index (χ3n) is 3.45. The largest absolute Gasteiger partial charge is 0.462 e. The Morgan fingerprint density at radius 1 is 1.25 bits per heavy atom. The van der Waals surface area contributed by atoms with Crippen LogP contribution in [0, 0.1) is 0 Å². The van der Waals surface area contributed by atoms with Crippen LogP contribution in [-0.2, 0) is 17.6 Å². The second-order valence-electron chi connectivity index (χ2n) is 4.68. The highest BCUT2D eigenvalue weighted by Gasteiger charge is 2.22. The predicted molar refractivity (Wildman–Crippen MR) is 73.8 cm³/mol. The van der Waals surface area contributed by atoms with Crippen molar-refractivity contribution in [3.8, 4) is 11.3 Å². The monoisotopic (exact) mass is 270 g/mol. The molecule has 0 amide bonds. The fourth-order valence-corrected chi connectivity index (χ4v) is 2.51. The van der Waals surface area contributed by atoms with E-state index in [9.17, 15) is 9.59 Å². The van der Waals surface area contributed by atoms with Gasteiger partial charge in [0.15, 0.2) is 0 Å². The van der Waals surface area contributed by atoms with Crippen LogP contribution < -0.4 is 5.63 Å². The molecule has 1 aliphatic rings. The number of carbonyl (C=O) groups excluding carboxylic acids is 1. The van der Waals surface area contributed by atoms with Crippen molar-refractivity contribution >= 4 is 5.97 Å². The molecule has 1 aromatic carbocycles. The fraction of sp³-hybridized carbons (Fsp3) is 0.250. The van der Waals surface area contributed by atoms with Crippen molar-refractivity contribution in [1.29, 1.82) is 0 Å². The van der Waals surface area contributed by atoms with Gasteiger partial charge in [-0.25, -0.2) is 9.59 Å². The van der Waals surface area contributed by atoms with Gasteiger partial charge in [-0.2, -0.15) is 0 Å². The molecule has 0 radical (unpaired) electrons. The zero-order valence-electron chi connectivity index (χ0n) is 11.1. The van der Waals surface area contributed by atoms with E-state index >= 15 is 0 Å². The van der Waals surface area contributed by atoms with Gasteiger partial charge in [-0.1, -0.05) is 24.3 Å². The number of benzene rings is 1. The minimum Gasteiger partial charge on any atom is -0.462 e. The molecule has 0 saturated carbocycles. The summed E-state index contributed by atoms with van der Waals surface area (Å²) in [4.78, 5) is 23.7. The SMILES string of the molecule is CCOC(=O)c1cc2c(oc1=O)-c1ccccc1CC2. The molecule has 0 N–H and O–H groups in total. The van der Waals surface area contributed by atoms with Crippen LogP contribution in [-0.4, -0.2) is 12.6 Å². The van der Waals surface area contributed by atoms with E-state index < -0.39 is 11.6 Å². The molecule has 1 heterocycles. The van der Waals surface area contributed by atoms with Gasteiger partial charge in [-0.05, 0) is 37.0 Å². The number of rotatable bonds is 2. The smallest absolute Gasteiger partial charge is 0.351 e. The molecule has 0 aliphatic heterocycles. The Labute approximate surface area is 116 Å². The van der Waals surface area contributed by atoms with Crippen LogP contribution in [0.3, 0.4) is 0 Å². The lowest BCUT2D eigenvalue weighted by atomic mass is 9.89. The lowest BCUT2D eigenvalue weighted by Crippen LogP contribution is -2.19. The first-order valence-electron chi connectivity index (χ1n) is 6.63. The molecule has 0 bridgehead atoms. The van der Waals surface area contributed by atoms with Gasteiger partial charge >= 0.3 is 11.6 Å². The maximum absolute atomic E-state index is 11.9. The number of ether oxygens (including phenoxy) is 1. The zero-order chi connectivity index (χ0) is 14.1. The first-order chi connectivity index (χ1) is 9.70. The quantitative estimate of drug-likeness (QED) is 0.787. The molecule has 3 rings (SSSR count). The Kier molecular flexibility index (Phi) is 3.14. The molecule has 0 spiro atoms. The van der Waals surface area contributed by atoms with E-state index in [0.717, 1.165) is 29.5 Å². The maximum Gasteiger partial charge on any atom is 0.351 e. The van der Waals surface area contributed by atoms with E-state index in [4.69, 9.17) is 9.15 Å². The highest BCUT2D eigenvalue weighted by molar-refractivity contribution is 5.89. The molecule has 1 aliphatic carbocycles. The summed E-state index contributed by atoms with van der Waals surface area (Å²) >= 11 is 0. The second-order valence-corrected chi connectivity index (χ2v) is 4.68. The normalized spacial score (nSPS) is 12.4. The Bertz CT molecular complexity index is 727. The number of hydrogen-bond acceptors (Lipinski definition) is 4. The zero-order valence-corrected chi connectivity index (χ0v) is 11.1. The van der Waals surface area contributed by atoms with E-state index in [1.54, 1.807) is 13.0 Å². The molecule has 0 fully saturated rings. The lowest BCUT2D eigenvalue weighted by Gasteiger charge is -2.18. The molecule has 4 heteroatoms. The Balaban J connectivity index is 2.13. The summed E-state index contributed by atoms with van der Waals surface area (Å²) in [6.07, 6.45) is 1.63. The van der Waals surface area contributed by atoms with Crippen LogP contribution in [0.25, 0.3) is 11.3 Å². The molecule has 4 nitrogen and oxygen atoms in total. The summed E-state index contributed by atoms with van der Waals surface area (Å²) < 4.78 is 10.2. The van der Waals surface area contributed by atoms with Gasteiger partial charge in [0, 0.05) is 5.56 Å². The van der Waals surface area contributed by atoms with Crippen LogP contribution in [0.15, 0.2) is 39.5 Å². The van der Waals surface area contributed by atoms with Crippen LogP contribution >= 0.6 is 0 Å². The van der Waals surface area contributed by atoms with Gasteiger partial charge in [0.1, 0.15) is 11.3 Å². The van der Waals surface area contributed by atoms with Crippen molar-refractivity contribution < 1.29 is 13.9 Å². The number of carbonyl (C=O) groups is 1. The van der Waals surface area contributed by atoms with E-state index in [1.807, 2.05) is 24.3 Å². The predicted octanol–water partition coefficient (Wildman–Crippen LogP) is 2.58. The minimum atomic E-state index is -0.640. The standard InChI is InChI=1S/C16H14O4/c1-2-19-15(17)13-9-11-8-7-10-5-3-4-6-12(10)14(11)20-16(13)18/h3-6,9H,2,7-8H2,1H3. The average molecular weight is 270 g/mol. The van der Waals surface area contributed by atoms with E-state index in [0.29, 0.717) is 5.76 Å². The summed E-state index contributed by atoms with van der Waals surface area (Å²) in [6.45, 7) is 1.94. The minimum absolute atomic E-state index is 0.0232. The van der Waals surface area contributed by atoms with Crippen molar-refractivity contribution in [3.63, 3.8) is 0 Å². The van der Waals surface area contributed by atoms with Crippen molar-refractivity contribution in [2.24, 2.45) is 0 Å².